The van der Waals surface area contributed by atoms with Gasteiger partial charge in [0.2, 0.25) is 10.0 Å². The summed E-state index contributed by atoms with van der Waals surface area (Å²) in [6.45, 7) is 4.28. The molecule has 0 aliphatic carbocycles. The molecule has 0 radical (unpaired) electrons. The molecular formula is C12H15Cl2NO3S. The van der Waals surface area contributed by atoms with Crippen LogP contribution in [0.15, 0.2) is 23.1 Å². The van der Waals surface area contributed by atoms with Gasteiger partial charge in [0, 0.05) is 13.1 Å². The first-order chi connectivity index (χ1) is 8.82. The quantitative estimate of drug-likeness (QED) is 0.840. The molecule has 2 atom stereocenters. The zero-order chi connectivity index (χ0) is 14.2. The van der Waals surface area contributed by atoms with E-state index in [0.717, 1.165) is 0 Å². The molecule has 1 fully saturated rings. The third-order valence-electron chi connectivity index (χ3n) is 2.90. The molecule has 0 unspecified atom stereocenters. The van der Waals surface area contributed by atoms with Crippen LogP contribution < -0.4 is 0 Å². The molecule has 19 heavy (non-hydrogen) atoms. The lowest BCUT2D eigenvalue weighted by Crippen LogP contribution is -2.48. The maximum Gasteiger partial charge on any atom is 0.246 e. The number of ether oxygens (including phenoxy) is 1. The minimum Gasteiger partial charge on any atom is -0.373 e. The Hall–Kier alpha value is -0.330. The highest BCUT2D eigenvalue weighted by Gasteiger charge is 2.34. The fraction of sp³-hybridized carbons (Fsp3) is 0.500. The fourth-order valence-electron chi connectivity index (χ4n) is 2.19. The number of benzene rings is 1. The molecule has 0 saturated carbocycles. The van der Waals surface area contributed by atoms with Crippen LogP contribution in [0.4, 0.5) is 0 Å². The maximum atomic E-state index is 12.6. The molecule has 1 saturated heterocycles. The number of halogens is 2. The van der Waals surface area contributed by atoms with Gasteiger partial charge in [-0.2, -0.15) is 4.31 Å². The van der Waals surface area contributed by atoms with Crippen molar-refractivity contribution in [2.45, 2.75) is 31.0 Å². The molecule has 0 spiro atoms. The zero-order valence-electron chi connectivity index (χ0n) is 10.6. The highest BCUT2D eigenvalue weighted by atomic mass is 35.5. The van der Waals surface area contributed by atoms with Crippen LogP contribution in [0.2, 0.25) is 10.0 Å². The van der Waals surface area contributed by atoms with Crippen LogP contribution in [0, 0.1) is 0 Å². The Bertz CT molecular complexity index is 546. The molecule has 1 heterocycles. The molecule has 106 valence electrons. The lowest BCUT2D eigenvalue weighted by molar-refractivity contribution is -0.0440. The molecule has 1 aliphatic rings. The average Bonchev–Trinajstić information content (AvgIpc) is 2.26. The Kier molecular flexibility index (Phi) is 4.42. The molecule has 0 bridgehead atoms. The second-order valence-electron chi connectivity index (χ2n) is 4.63. The molecule has 2 rings (SSSR count). The smallest absolute Gasteiger partial charge is 0.246 e. The van der Waals surface area contributed by atoms with Crippen molar-refractivity contribution in [3.8, 4) is 0 Å². The first-order valence-corrected chi connectivity index (χ1v) is 8.11. The van der Waals surface area contributed by atoms with E-state index in [1.54, 1.807) is 6.07 Å². The number of nitrogens with zero attached hydrogens (tertiary/aromatic N) is 1. The van der Waals surface area contributed by atoms with Gasteiger partial charge in [0.25, 0.3) is 0 Å². The summed E-state index contributed by atoms with van der Waals surface area (Å²) in [5.74, 6) is 0. The normalized spacial score (nSPS) is 25.5. The Morgan fingerprint density at radius 1 is 1.16 bits per heavy atom. The van der Waals surface area contributed by atoms with E-state index in [-0.39, 0.29) is 27.1 Å². The lowest BCUT2D eigenvalue weighted by atomic mass is 10.3. The summed E-state index contributed by atoms with van der Waals surface area (Å²) >= 11 is 12.0. The van der Waals surface area contributed by atoms with Gasteiger partial charge in [-0.1, -0.05) is 29.3 Å². The van der Waals surface area contributed by atoms with Crippen LogP contribution in [0.5, 0.6) is 0 Å². The number of hydrogen-bond acceptors (Lipinski definition) is 3. The number of rotatable bonds is 2. The number of sulfonamides is 1. The minimum absolute atomic E-state index is 0.0281. The molecular weight excluding hydrogens is 309 g/mol. The average molecular weight is 324 g/mol. The molecule has 0 aromatic heterocycles. The van der Waals surface area contributed by atoms with Crippen LogP contribution >= 0.6 is 23.2 Å². The standard InChI is InChI=1S/C12H15Cl2NO3S/c1-8-6-15(7-9(2)18-8)19(16,17)12-10(13)4-3-5-11(12)14/h3-5,8-9H,6-7H2,1-2H3/t8-,9-/m0/s1. The van der Waals surface area contributed by atoms with Crippen molar-refractivity contribution in [1.82, 2.24) is 4.31 Å². The van der Waals surface area contributed by atoms with Crippen LogP contribution in [-0.2, 0) is 14.8 Å². The van der Waals surface area contributed by atoms with Crippen molar-refractivity contribution in [2.75, 3.05) is 13.1 Å². The Labute approximate surface area is 123 Å². The summed E-state index contributed by atoms with van der Waals surface area (Å²) in [6, 6.07) is 4.66. The molecule has 4 nitrogen and oxygen atoms in total. The third kappa shape index (κ3) is 3.06. The van der Waals surface area contributed by atoms with E-state index in [0.29, 0.717) is 13.1 Å². The van der Waals surface area contributed by atoms with Gasteiger partial charge in [-0.25, -0.2) is 8.42 Å². The summed E-state index contributed by atoms with van der Waals surface area (Å²) in [5, 5.41) is 0.276. The maximum absolute atomic E-state index is 12.6. The van der Waals surface area contributed by atoms with Gasteiger partial charge in [-0.05, 0) is 26.0 Å². The summed E-state index contributed by atoms with van der Waals surface area (Å²) in [6.07, 6.45) is -0.306. The summed E-state index contributed by atoms with van der Waals surface area (Å²) in [4.78, 5) is -0.0281. The molecule has 1 aromatic carbocycles. The summed E-state index contributed by atoms with van der Waals surface area (Å²) < 4.78 is 32.2. The lowest BCUT2D eigenvalue weighted by Gasteiger charge is -2.34. The van der Waals surface area contributed by atoms with E-state index < -0.39 is 10.0 Å². The second-order valence-corrected chi connectivity index (χ2v) is 7.32. The Morgan fingerprint density at radius 2 is 1.63 bits per heavy atom. The van der Waals surface area contributed by atoms with Crippen molar-refractivity contribution >= 4 is 33.2 Å². The summed E-state index contributed by atoms with van der Waals surface area (Å²) in [5.41, 5.74) is 0. The van der Waals surface area contributed by atoms with Crippen molar-refractivity contribution in [3.05, 3.63) is 28.2 Å². The van der Waals surface area contributed by atoms with Crippen molar-refractivity contribution in [1.29, 1.82) is 0 Å². The van der Waals surface area contributed by atoms with Gasteiger partial charge in [0.15, 0.2) is 0 Å². The largest absolute Gasteiger partial charge is 0.373 e. The predicted molar refractivity (Wildman–Crippen MR) is 75.2 cm³/mol. The molecule has 1 aromatic rings. The first kappa shape index (κ1) is 15.1. The Balaban J connectivity index is 2.42. The van der Waals surface area contributed by atoms with E-state index in [2.05, 4.69) is 0 Å². The topological polar surface area (TPSA) is 46.6 Å². The molecule has 0 N–H and O–H groups in total. The van der Waals surface area contributed by atoms with Gasteiger partial charge in [0.05, 0.1) is 22.3 Å². The second kappa shape index (κ2) is 5.58. The van der Waals surface area contributed by atoms with Crippen molar-refractivity contribution in [3.63, 3.8) is 0 Å². The SMILES string of the molecule is C[C@H]1CN(S(=O)(=O)c2c(Cl)cccc2Cl)C[C@H](C)O1. The van der Waals surface area contributed by atoms with E-state index in [4.69, 9.17) is 27.9 Å². The zero-order valence-corrected chi connectivity index (χ0v) is 13.0. The monoisotopic (exact) mass is 323 g/mol. The highest BCUT2D eigenvalue weighted by molar-refractivity contribution is 7.89. The molecule has 0 amide bonds. The van der Waals surface area contributed by atoms with Crippen LogP contribution in [0.1, 0.15) is 13.8 Å². The van der Waals surface area contributed by atoms with Gasteiger partial charge >= 0.3 is 0 Å². The van der Waals surface area contributed by atoms with Crippen molar-refractivity contribution in [2.24, 2.45) is 0 Å². The minimum atomic E-state index is -3.70. The number of morpholine rings is 1. The van der Waals surface area contributed by atoms with Crippen LogP contribution in [0.3, 0.4) is 0 Å². The molecule has 7 heteroatoms. The van der Waals surface area contributed by atoms with E-state index >= 15 is 0 Å². The Morgan fingerprint density at radius 3 is 2.11 bits per heavy atom. The molecule has 1 aliphatic heterocycles. The fourth-order valence-corrected chi connectivity index (χ4v) is 4.87. The van der Waals surface area contributed by atoms with E-state index in [1.165, 1.54) is 16.4 Å². The predicted octanol–water partition coefficient (Wildman–Crippen LogP) is 2.79. The van der Waals surface area contributed by atoms with Gasteiger partial charge in [-0.15, -0.1) is 0 Å². The van der Waals surface area contributed by atoms with Crippen LogP contribution in [-0.4, -0.2) is 38.0 Å². The van der Waals surface area contributed by atoms with Crippen molar-refractivity contribution < 1.29 is 13.2 Å². The van der Waals surface area contributed by atoms with Crippen LogP contribution in [0.25, 0.3) is 0 Å². The summed E-state index contributed by atoms with van der Waals surface area (Å²) in [7, 11) is -3.70. The van der Waals surface area contributed by atoms with Gasteiger partial charge in [-0.3, -0.25) is 0 Å². The van der Waals surface area contributed by atoms with E-state index in [1.807, 2.05) is 13.8 Å². The number of hydrogen-bond donors (Lipinski definition) is 0. The highest BCUT2D eigenvalue weighted by Crippen LogP contribution is 2.32. The third-order valence-corrected chi connectivity index (χ3v) is 5.69. The van der Waals surface area contributed by atoms with Gasteiger partial charge in [0.1, 0.15) is 4.90 Å². The van der Waals surface area contributed by atoms with Gasteiger partial charge < -0.3 is 4.74 Å². The first-order valence-electron chi connectivity index (χ1n) is 5.92. The van der Waals surface area contributed by atoms with E-state index in [9.17, 15) is 8.42 Å².